The van der Waals surface area contributed by atoms with Crippen LogP contribution in [-0.4, -0.2) is 29.5 Å². The summed E-state index contributed by atoms with van der Waals surface area (Å²) in [5, 5.41) is 4.28. The molecule has 1 aromatic heterocycles. The van der Waals surface area contributed by atoms with E-state index in [1.54, 1.807) is 0 Å². The van der Waals surface area contributed by atoms with Gasteiger partial charge in [0.2, 0.25) is 0 Å². The maximum atomic E-state index is 5.31. The molecule has 1 aliphatic carbocycles. The SMILES string of the molecule is NCCOCCn1cc(C2CC2)cn1. The summed E-state index contributed by atoms with van der Waals surface area (Å²) in [5.74, 6) is 0.786. The first-order chi connectivity index (χ1) is 6.90. The summed E-state index contributed by atoms with van der Waals surface area (Å²) in [4.78, 5) is 0. The molecule has 0 bridgehead atoms. The normalized spacial score (nSPS) is 16.1. The maximum Gasteiger partial charge on any atom is 0.0663 e. The molecule has 0 unspecified atom stereocenters. The van der Waals surface area contributed by atoms with Crippen LogP contribution in [0.2, 0.25) is 0 Å². The van der Waals surface area contributed by atoms with E-state index in [1.165, 1.54) is 18.4 Å². The lowest BCUT2D eigenvalue weighted by Gasteiger charge is -2.02. The summed E-state index contributed by atoms with van der Waals surface area (Å²) < 4.78 is 7.23. The van der Waals surface area contributed by atoms with Crippen LogP contribution in [0.15, 0.2) is 12.4 Å². The van der Waals surface area contributed by atoms with Crippen molar-refractivity contribution < 1.29 is 4.74 Å². The van der Waals surface area contributed by atoms with Gasteiger partial charge in [0, 0.05) is 12.7 Å². The number of hydrogen-bond acceptors (Lipinski definition) is 3. The number of aromatic nitrogens is 2. The minimum absolute atomic E-state index is 0.590. The van der Waals surface area contributed by atoms with E-state index in [1.807, 2.05) is 10.9 Å². The lowest BCUT2D eigenvalue weighted by molar-refractivity contribution is 0.130. The first-order valence-electron chi connectivity index (χ1n) is 5.20. The summed E-state index contributed by atoms with van der Waals surface area (Å²) in [6.45, 7) is 2.75. The van der Waals surface area contributed by atoms with Gasteiger partial charge in [-0.3, -0.25) is 4.68 Å². The fourth-order valence-corrected chi connectivity index (χ4v) is 1.47. The van der Waals surface area contributed by atoms with E-state index in [0.29, 0.717) is 19.8 Å². The van der Waals surface area contributed by atoms with Crippen LogP contribution in [0, 0.1) is 0 Å². The standard InChI is InChI=1S/C10H17N3O/c11-3-5-14-6-4-13-8-10(7-12-13)9-1-2-9/h7-9H,1-6,11H2. The average molecular weight is 195 g/mol. The van der Waals surface area contributed by atoms with Gasteiger partial charge in [-0.15, -0.1) is 0 Å². The van der Waals surface area contributed by atoms with Gasteiger partial charge in [-0.25, -0.2) is 0 Å². The number of nitrogens with two attached hydrogens (primary N) is 1. The Morgan fingerprint density at radius 3 is 3.07 bits per heavy atom. The van der Waals surface area contributed by atoms with E-state index in [4.69, 9.17) is 10.5 Å². The van der Waals surface area contributed by atoms with Crippen LogP contribution in [0.4, 0.5) is 0 Å². The quantitative estimate of drug-likeness (QED) is 0.681. The van der Waals surface area contributed by atoms with Crippen LogP contribution in [0.5, 0.6) is 0 Å². The molecular weight excluding hydrogens is 178 g/mol. The van der Waals surface area contributed by atoms with Crippen LogP contribution in [-0.2, 0) is 11.3 Å². The van der Waals surface area contributed by atoms with E-state index >= 15 is 0 Å². The molecule has 0 aliphatic heterocycles. The lowest BCUT2D eigenvalue weighted by atomic mass is 10.2. The summed E-state index contributed by atoms with van der Waals surface area (Å²) in [6, 6.07) is 0. The fourth-order valence-electron chi connectivity index (χ4n) is 1.47. The third-order valence-corrected chi connectivity index (χ3v) is 2.43. The predicted octanol–water partition coefficient (Wildman–Crippen LogP) is 0.736. The molecule has 2 N–H and O–H groups in total. The zero-order valence-electron chi connectivity index (χ0n) is 8.35. The molecule has 4 heteroatoms. The monoisotopic (exact) mass is 195 g/mol. The minimum atomic E-state index is 0.590. The topological polar surface area (TPSA) is 53.1 Å². The van der Waals surface area contributed by atoms with Crippen LogP contribution < -0.4 is 5.73 Å². The highest BCUT2D eigenvalue weighted by molar-refractivity contribution is 5.16. The van der Waals surface area contributed by atoms with E-state index in [2.05, 4.69) is 11.3 Å². The van der Waals surface area contributed by atoms with Gasteiger partial charge in [0.05, 0.1) is 26.0 Å². The van der Waals surface area contributed by atoms with Crippen molar-refractivity contribution in [3.8, 4) is 0 Å². The van der Waals surface area contributed by atoms with E-state index in [0.717, 1.165) is 12.5 Å². The Hall–Kier alpha value is -0.870. The second-order valence-corrected chi connectivity index (χ2v) is 3.71. The third-order valence-electron chi connectivity index (χ3n) is 2.43. The Bertz CT molecular complexity index is 281. The molecule has 1 fully saturated rings. The molecule has 0 spiro atoms. The molecule has 1 heterocycles. The van der Waals surface area contributed by atoms with Crippen molar-refractivity contribution in [2.45, 2.75) is 25.3 Å². The van der Waals surface area contributed by atoms with Crippen LogP contribution >= 0.6 is 0 Å². The number of hydrogen-bond donors (Lipinski definition) is 1. The molecule has 78 valence electrons. The smallest absolute Gasteiger partial charge is 0.0663 e. The van der Waals surface area contributed by atoms with Gasteiger partial charge in [-0.1, -0.05) is 0 Å². The molecule has 0 atom stereocenters. The van der Waals surface area contributed by atoms with Crippen LogP contribution in [0.25, 0.3) is 0 Å². The molecule has 0 amide bonds. The third kappa shape index (κ3) is 2.56. The van der Waals surface area contributed by atoms with Gasteiger partial charge >= 0.3 is 0 Å². The number of ether oxygens (including phenoxy) is 1. The van der Waals surface area contributed by atoms with Gasteiger partial charge in [0.1, 0.15) is 0 Å². The van der Waals surface area contributed by atoms with Crippen LogP contribution in [0.3, 0.4) is 0 Å². The van der Waals surface area contributed by atoms with Gasteiger partial charge in [0.25, 0.3) is 0 Å². The van der Waals surface area contributed by atoms with Crippen molar-refractivity contribution in [3.63, 3.8) is 0 Å². The number of nitrogens with zero attached hydrogens (tertiary/aromatic N) is 2. The second kappa shape index (κ2) is 4.57. The van der Waals surface area contributed by atoms with Crippen molar-refractivity contribution in [3.05, 3.63) is 18.0 Å². The van der Waals surface area contributed by atoms with Gasteiger partial charge in [0.15, 0.2) is 0 Å². The average Bonchev–Trinajstić information content (AvgIpc) is 2.94. The number of rotatable bonds is 6. The van der Waals surface area contributed by atoms with Gasteiger partial charge in [-0.2, -0.15) is 5.10 Å². The lowest BCUT2D eigenvalue weighted by Crippen LogP contribution is -2.12. The predicted molar refractivity (Wildman–Crippen MR) is 54.1 cm³/mol. The van der Waals surface area contributed by atoms with E-state index in [9.17, 15) is 0 Å². The summed E-state index contributed by atoms with van der Waals surface area (Å²) >= 11 is 0. The Balaban J connectivity index is 1.72. The van der Waals surface area contributed by atoms with Gasteiger partial charge in [-0.05, 0) is 24.3 Å². The molecule has 1 saturated carbocycles. The summed E-state index contributed by atoms with van der Waals surface area (Å²) in [7, 11) is 0. The Kier molecular flexibility index (Phi) is 3.16. The molecule has 1 aliphatic rings. The second-order valence-electron chi connectivity index (χ2n) is 3.71. The first kappa shape index (κ1) is 9.68. The Labute approximate surface area is 84.0 Å². The van der Waals surface area contributed by atoms with Gasteiger partial charge < -0.3 is 10.5 Å². The zero-order chi connectivity index (χ0) is 9.80. The first-order valence-corrected chi connectivity index (χ1v) is 5.20. The summed E-state index contributed by atoms with van der Waals surface area (Å²) in [6.07, 6.45) is 6.76. The molecule has 0 radical (unpaired) electrons. The highest BCUT2D eigenvalue weighted by atomic mass is 16.5. The van der Waals surface area contributed by atoms with Crippen LogP contribution in [0.1, 0.15) is 24.3 Å². The molecule has 2 rings (SSSR count). The van der Waals surface area contributed by atoms with Crippen molar-refractivity contribution >= 4 is 0 Å². The van der Waals surface area contributed by atoms with E-state index in [-0.39, 0.29) is 0 Å². The Morgan fingerprint density at radius 1 is 1.50 bits per heavy atom. The summed E-state index contributed by atoms with van der Waals surface area (Å²) in [5.41, 5.74) is 6.69. The maximum absolute atomic E-state index is 5.31. The van der Waals surface area contributed by atoms with Crippen molar-refractivity contribution in [2.75, 3.05) is 19.8 Å². The van der Waals surface area contributed by atoms with Crippen molar-refractivity contribution in [1.82, 2.24) is 9.78 Å². The van der Waals surface area contributed by atoms with Crippen molar-refractivity contribution in [2.24, 2.45) is 5.73 Å². The highest BCUT2D eigenvalue weighted by Crippen LogP contribution is 2.39. The highest BCUT2D eigenvalue weighted by Gasteiger charge is 2.24. The molecule has 0 saturated heterocycles. The molecule has 1 aromatic rings. The van der Waals surface area contributed by atoms with E-state index < -0.39 is 0 Å². The molecule has 14 heavy (non-hydrogen) atoms. The molecular formula is C10H17N3O. The minimum Gasteiger partial charge on any atom is -0.378 e. The fraction of sp³-hybridized carbons (Fsp3) is 0.700. The zero-order valence-corrected chi connectivity index (χ0v) is 8.35. The Morgan fingerprint density at radius 2 is 2.36 bits per heavy atom. The largest absolute Gasteiger partial charge is 0.378 e. The molecule has 4 nitrogen and oxygen atoms in total. The molecule has 0 aromatic carbocycles. The van der Waals surface area contributed by atoms with Crippen molar-refractivity contribution in [1.29, 1.82) is 0 Å².